The van der Waals surface area contributed by atoms with Crippen LogP contribution in [0.3, 0.4) is 0 Å². The Bertz CT molecular complexity index is 80.9. The molecular weight excluding hydrogens is 239 g/mol. The van der Waals surface area contributed by atoms with Crippen LogP contribution >= 0.6 is 0 Å². The van der Waals surface area contributed by atoms with E-state index in [4.69, 9.17) is 0 Å². The SMILES string of the molecule is CC.CN1CC[N-]CCNCC1.[Y]. The molecule has 1 radical (unpaired) electrons. The number of hydrogen-bond acceptors (Lipinski definition) is 2. The largest absolute Gasteiger partial charge is 0.660 e. The van der Waals surface area contributed by atoms with Gasteiger partial charge < -0.3 is 15.5 Å². The monoisotopic (exact) mass is 261 g/mol. The van der Waals surface area contributed by atoms with Crippen LogP contribution in [0, 0.1) is 0 Å². The minimum atomic E-state index is 0. The number of hydrogen-bond donors (Lipinski definition) is 1. The average molecular weight is 261 g/mol. The third-order valence-electron chi connectivity index (χ3n) is 1.76. The maximum absolute atomic E-state index is 4.34. The van der Waals surface area contributed by atoms with Crippen LogP contribution in [0.5, 0.6) is 0 Å². The molecule has 1 heterocycles. The molecule has 0 aromatic carbocycles. The fourth-order valence-corrected chi connectivity index (χ4v) is 1.02. The minimum absolute atomic E-state index is 0. The average Bonchev–Trinajstić information content (AvgIpc) is 2.22. The topological polar surface area (TPSA) is 29.4 Å². The molecule has 0 atom stereocenters. The Balaban J connectivity index is 0. The Morgan fingerprint density at radius 2 is 1.77 bits per heavy atom. The number of rotatable bonds is 0. The zero-order valence-corrected chi connectivity index (χ0v) is 12.1. The van der Waals surface area contributed by atoms with Gasteiger partial charge in [0.05, 0.1) is 0 Å². The van der Waals surface area contributed by atoms with E-state index in [1.807, 2.05) is 13.8 Å². The quantitative estimate of drug-likeness (QED) is 0.702. The summed E-state index contributed by atoms with van der Waals surface area (Å²) >= 11 is 0. The van der Waals surface area contributed by atoms with E-state index in [-0.39, 0.29) is 32.7 Å². The summed E-state index contributed by atoms with van der Waals surface area (Å²) in [6.45, 7) is 10.4. The van der Waals surface area contributed by atoms with E-state index in [2.05, 4.69) is 22.6 Å². The van der Waals surface area contributed by atoms with Gasteiger partial charge in [-0.15, -0.1) is 13.1 Å². The van der Waals surface area contributed by atoms with Gasteiger partial charge >= 0.3 is 0 Å². The molecule has 77 valence electrons. The molecule has 0 bridgehead atoms. The first kappa shape index (κ1) is 16.4. The van der Waals surface area contributed by atoms with Crippen molar-refractivity contribution in [2.45, 2.75) is 13.8 Å². The molecule has 0 amide bonds. The van der Waals surface area contributed by atoms with Crippen molar-refractivity contribution in [3.63, 3.8) is 0 Å². The van der Waals surface area contributed by atoms with Crippen molar-refractivity contribution >= 4 is 0 Å². The van der Waals surface area contributed by atoms with Gasteiger partial charge in [0.15, 0.2) is 0 Å². The number of nitrogens with zero attached hydrogens (tertiary/aromatic N) is 2. The second kappa shape index (κ2) is 13.0. The van der Waals surface area contributed by atoms with Gasteiger partial charge in [-0.2, -0.15) is 0 Å². The molecule has 3 nitrogen and oxygen atoms in total. The fraction of sp³-hybridized carbons (Fsp3) is 1.00. The zero-order chi connectivity index (χ0) is 9.23. The Morgan fingerprint density at radius 3 is 2.46 bits per heavy atom. The van der Waals surface area contributed by atoms with Gasteiger partial charge in [0.2, 0.25) is 0 Å². The van der Waals surface area contributed by atoms with Gasteiger partial charge in [-0.25, -0.2) is 0 Å². The zero-order valence-electron chi connectivity index (χ0n) is 9.21. The summed E-state index contributed by atoms with van der Waals surface area (Å²) in [4.78, 5) is 2.31. The van der Waals surface area contributed by atoms with Crippen LogP contribution in [-0.2, 0) is 32.7 Å². The van der Waals surface area contributed by atoms with Gasteiger partial charge in [0, 0.05) is 45.8 Å². The normalized spacial score (nSPS) is 19.6. The second-order valence-electron chi connectivity index (χ2n) is 2.72. The molecule has 4 heteroatoms. The molecule has 0 aromatic heterocycles. The predicted octanol–water partition coefficient (Wildman–Crippen LogP) is 0.919. The van der Waals surface area contributed by atoms with Crippen LogP contribution in [-0.4, -0.2) is 51.2 Å². The molecule has 0 aliphatic carbocycles. The Labute approximate surface area is 108 Å². The Morgan fingerprint density at radius 1 is 1.08 bits per heavy atom. The van der Waals surface area contributed by atoms with Crippen molar-refractivity contribution in [3.8, 4) is 0 Å². The van der Waals surface area contributed by atoms with Crippen LogP contribution in [0.25, 0.3) is 5.32 Å². The molecule has 1 aliphatic rings. The molecule has 0 saturated carbocycles. The predicted molar refractivity (Wildman–Crippen MR) is 54.8 cm³/mol. The molecule has 1 aliphatic heterocycles. The molecule has 0 unspecified atom stereocenters. The summed E-state index contributed by atoms with van der Waals surface area (Å²) < 4.78 is 0. The van der Waals surface area contributed by atoms with E-state index >= 15 is 0 Å². The minimum Gasteiger partial charge on any atom is -0.660 e. The van der Waals surface area contributed by atoms with Crippen LogP contribution in [0.1, 0.15) is 13.8 Å². The van der Waals surface area contributed by atoms with Gasteiger partial charge in [-0.1, -0.05) is 13.8 Å². The second-order valence-corrected chi connectivity index (χ2v) is 2.72. The molecule has 1 saturated heterocycles. The first-order chi connectivity index (χ1) is 5.89. The molecule has 13 heavy (non-hydrogen) atoms. The van der Waals surface area contributed by atoms with Crippen LogP contribution in [0.4, 0.5) is 0 Å². The summed E-state index contributed by atoms with van der Waals surface area (Å²) in [5.74, 6) is 0. The maximum atomic E-state index is 4.34. The van der Waals surface area contributed by atoms with Crippen molar-refractivity contribution in [1.29, 1.82) is 0 Å². The Kier molecular flexibility index (Phi) is 16.4. The standard InChI is InChI=1S/C7H16N3.C2H6.Y/c1-10-6-4-8-2-3-9-5-7-10;1-2;/h8H,2-7H2,1H3;1-2H3;/q-1;;. The van der Waals surface area contributed by atoms with Crippen molar-refractivity contribution < 1.29 is 32.7 Å². The van der Waals surface area contributed by atoms with E-state index in [1.165, 1.54) is 0 Å². The van der Waals surface area contributed by atoms with Gasteiger partial charge in [-0.05, 0) is 20.1 Å². The molecule has 1 fully saturated rings. The molecule has 0 aromatic rings. The summed E-state index contributed by atoms with van der Waals surface area (Å²) in [7, 11) is 2.14. The van der Waals surface area contributed by atoms with Gasteiger partial charge in [0.1, 0.15) is 0 Å². The summed E-state index contributed by atoms with van der Waals surface area (Å²) in [6.07, 6.45) is 0. The van der Waals surface area contributed by atoms with Gasteiger partial charge in [-0.3, -0.25) is 0 Å². The van der Waals surface area contributed by atoms with E-state index in [1.54, 1.807) is 0 Å². The smallest absolute Gasteiger partial charge is 0.0103 e. The van der Waals surface area contributed by atoms with Gasteiger partial charge in [0.25, 0.3) is 0 Å². The third-order valence-corrected chi connectivity index (χ3v) is 1.76. The van der Waals surface area contributed by atoms with Crippen LogP contribution in [0.15, 0.2) is 0 Å². The summed E-state index contributed by atoms with van der Waals surface area (Å²) in [5.41, 5.74) is 0. The van der Waals surface area contributed by atoms with Crippen molar-refractivity contribution in [3.05, 3.63) is 5.32 Å². The molecule has 0 spiro atoms. The number of likely N-dealkylation sites (N-methyl/N-ethyl adjacent to an activating group) is 1. The number of nitrogens with one attached hydrogen (secondary N) is 1. The van der Waals surface area contributed by atoms with Crippen molar-refractivity contribution in [2.75, 3.05) is 46.3 Å². The summed E-state index contributed by atoms with van der Waals surface area (Å²) in [6, 6.07) is 0. The summed E-state index contributed by atoms with van der Waals surface area (Å²) in [5, 5.41) is 7.66. The van der Waals surface area contributed by atoms with Crippen molar-refractivity contribution in [2.24, 2.45) is 0 Å². The van der Waals surface area contributed by atoms with Crippen LogP contribution < -0.4 is 5.32 Å². The van der Waals surface area contributed by atoms with E-state index in [0.29, 0.717) is 0 Å². The van der Waals surface area contributed by atoms with Crippen molar-refractivity contribution in [1.82, 2.24) is 10.2 Å². The maximum Gasteiger partial charge on any atom is 0.0103 e. The van der Waals surface area contributed by atoms with Crippen LogP contribution in [0.2, 0.25) is 0 Å². The van der Waals surface area contributed by atoms with E-state index in [0.717, 1.165) is 39.3 Å². The Hall–Kier alpha value is 0.984. The molecular formula is C9H22N3Y-. The first-order valence-electron chi connectivity index (χ1n) is 4.92. The molecule has 1 rings (SSSR count). The fourth-order valence-electron chi connectivity index (χ4n) is 1.02. The molecule has 1 N–H and O–H groups in total. The first-order valence-corrected chi connectivity index (χ1v) is 4.92. The van der Waals surface area contributed by atoms with E-state index in [9.17, 15) is 0 Å². The van der Waals surface area contributed by atoms with E-state index < -0.39 is 0 Å². The third kappa shape index (κ3) is 10.9.